The lowest BCUT2D eigenvalue weighted by Crippen LogP contribution is -2.36. The molecule has 2 aliphatic heterocycles. The maximum absolute atomic E-state index is 13.0. The number of hydrogen-bond donors (Lipinski definition) is 2. The molecule has 2 fully saturated rings. The standard InChI is InChI=1S/C23H22BrNO6/c1-30-18-11-14(6-9-17(18)26)20-19(21(27)13-4-7-15(24)8-5-13)22(28)23(29)25(20)12-16-3-2-10-31-16/h4-9,11,16,20,26-27H,2-3,10,12H2,1H3. The van der Waals surface area contributed by atoms with Crippen molar-refractivity contribution in [3.05, 3.63) is 63.6 Å². The number of Topliss-reactive ketones (excluding diaryl/α,β-unsaturated/α-hetero) is 1. The van der Waals surface area contributed by atoms with Gasteiger partial charge < -0.3 is 24.6 Å². The van der Waals surface area contributed by atoms with E-state index in [9.17, 15) is 19.8 Å². The highest BCUT2D eigenvalue weighted by molar-refractivity contribution is 9.10. The fourth-order valence-corrected chi connectivity index (χ4v) is 4.31. The van der Waals surface area contributed by atoms with E-state index in [1.54, 1.807) is 36.4 Å². The number of ketones is 1. The van der Waals surface area contributed by atoms with Crippen LogP contribution in [0.25, 0.3) is 5.76 Å². The summed E-state index contributed by atoms with van der Waals surface area (Å²) in [6.45, 7) is 0.848. The lowest BCUT2D eigenvalue weighted by Gasteiger charge is -2.27. The van der Waals surface area contributed by atoms with E-state index in [0.717, 1.165) is 17.3 Å². The minimum absolute atomic E-state index is 0.00179. The molecule has 0 spiro atoms. The molecular weight excluding hydrogens is 466 g/mol. The number of amides is 1. The molecule has 0 aromatic heterocycles. The second-order valence-corrected chi connectivity index (χ2v) is 8.44. The highest BCUT2D eigenvalue weighted by atomic mass is 79.9. The van der Waals surface area contributed by atoms with Gasteiger partial charge in [-0.1, -0.05) is 34.1 Å². The predicted octanol–water partition coefficient (Wildman–Crippen LogP) is 3.76. The van der Waals surface area contributed by atoms with Crippen LogP contribution in [0, 0.1) is 0 Å². The Labute approximate surface area is 188 Å². The first-order valence-corrected chi connectivity index (χ1v) is 10.7. The molecule has 2 aromatic rings. The summed E-state index contributed by atoms with van der Waals surface area (Å²) in [5.74, 6) is -1.54. The number of benzene rings is 2. The normalized spacial score (nSPS) is 22.8. The van der Waals surface area contributed by atoms with Crippen LogP contribution in [0.4, 0.5) is 0 Å². The van der Waals surface area contributed by atoms with Crippen LogP contribution >= 0.6 is 15.9 Å². The van der Waals surface area contributed by atoms with Gasteiger partial charge in [-0.25, -0.2) is 0 Å². The summed E-state index contributed by atoms with van der Waals surface area (Å²) in [4.78, 5) is 27.5. The van der Waals surface area contributed by atoms with Crippen molar-refractivity contribution in [3.8, 4) is 11.5 Å². The van der Waals surface area contributed by atoms with Crippen molar-refractivity contribution in [2.45, 2.75) is 25.0 Å². The number of rotatable bonds is 5. The molecule has 31 heavy (non-hydrogen) atoms. The first-order valence-electron chi connectivity index (χ1n) is 9.93. The van der Waals surface area contributed by atoms with Gasteiger partial charge in [0.2, 0.25) is 0 Å². The molecular formula is C23H22BrNO6. The molecule has 1 amide bonds. The zero-order valence-corrected chi connectivity index (χ0v) is 18.5. The summed E-state index contributed by atoms with van der Waals surface area (Å²) in [7, 11) is 1.42. The number of aliphatic hydroxyl groups excluding tert-OH is 1. The van der Waals surface area contributed by atoms with Crippen molar-refractivity contribution >= 4 is 33.4 Å². The van der Waals surface area contributed by atoms with E-state index in [1.165, 1.54) is 18.1 Å². The molecule has 2 unspecified atom stereocenters. The third-order valence-electron chi connectivity index (χ3n) is 5.60. The van der Waals surface area contributed by atoms with Crippen molar-refractivity contribution in [2.75, 3.05) is 20.3 Å². The Hall–Kier alpha value is -2.84. The molecule has 8 heteroatoms. The van der Waals surface area contributed by atoms with Crippen molar-refractivity contribution in [3.63, 3.8) is 0 Å². The Balaban J connectivity index is 1.85. The first-order chi connectivity index (χ1) is 14.9. The zero-order valence-electron chi connectivity index (χ0n) is 16.9. The van der Waals surface area contributed by atoms with E-state index in [4.69, 9.17) is 9.47 Å². The van der Waals surface area contributed by atoms with Gasteiger partial charge in [0.25, 0.3) is 11.7 Å². The van der Waals surface area contributed by atoms with Crippen LogP contribution in [0.3, 0.4) is 0 Å². The largest absolute Gasteiger partial charge is 0.507 e. The van der Waals surface area contributed by atoms with Crippen LogP contribution in [0.15, 0.2) is 52.5 Å². The number of carbonyl (C=O) groups excluding carboxylic acids is 2. The number of aliphatic hydroxyl groups is 1. The highest BCUT2D eigenvalue weighted by Crippen LogP contribution is 2.42. The lowest BCUT2D eigenvalue weighted by molar-refractivity contribution is -0.140. The van der Waals surface area contributed by atoms with Gasteiger partial charge in [0, 0.05) is 23.2 Å². The molecule has 2 aliphatic rings. The van der Waals surface area contributed by atoms with Crippen molar-refractivity contribution in [2.24, 2.45) is 0 Å². The number of aromatic hydroxyl groups is 1. The highest BCUT2D eigenvalue weighted by Gasteiger charge is 2.47. The van der Waals surface area contributed by atoms with E-state index in [2.05, 4.69) is 15.9 Å². The number of phenols is 1. The molecule has 2 saturated heterocycles. The van der Waals surface area contributed by atoms with E-state index in [1.807, 2.05) is 0 Å². The number of ether oxygens (including phenoxy) is 2. The van der Waals surface area contributed by atoms with Crippen LogP contribution in [0.2, 0.25) is 0 Å². The van der Waals surface area contributed by atoms with Crippen LogP contribution < -0.4 is 4.74 Å². The molecule has 0 saturated carbocycles. The van der Waals surface area contributed by atoms with Gasteiger partial charge in [-0.2, -0.15) is 0 Å². The molecule has 2 aromatic carbocycles. The molecule has 4 rings (SSSR count). The van der Waals surface area contributed by atoms with Crippen molar-refractivity contribution in [1.82, 2.24) is 4.90 Å². The second-order valence-electron chi connectivity index (χ2n) is 7.52. The number of hydrogen-bond acceptors (Lipinski definition) is 6. The number of carbonyl (C=O) groups is 2. The van der Waals surface area contributed by atoms with Crippen LogP contribution in [-0.2, 0) is 14.3 Å². The van der Waals surface area contributed by atoms with Crippen LogP contribution in [0.5, 0.6) is 11.5 Å². The SMILES string of the molecule is COc1cc(C2C(=C(O)c3ccc(Br)cc3)C(=O)C(=O)N2CC2CCCO2)ccc1O. The van der Waals surface area contributed by atoms with Crippen LogP contribution in [-0.4, -0.2) is 53.2 Å². The number of methoxy groups -OCH3 is 1. The Morgan fingerprint density at radius 3 is 2.61 bits per heavy atom. The molecule has 7 nitrogen and oxygen atoms in total. The van der Waals surface area contributed by atoms with Gasteiger partial charge in [0.15, 0.2) is 11.5 Å². The average molecular weight is 488 g/mol. The molecule has 2 heterocycles. The Kier molecular flexibility index (Phi) is 6.02. The van der Waals surface area contributed by atoms with Gasteiger partial charge >= 0.3 is 0 Å². The Morgan fingerprint density at radius 1 is 1.23 bits per heavy atom. The fourth-order valence-electron chi connectivity index (χ4n) is 4.05. The van der Waals surface area contributed by atoms with Crippen molar-refractivity contribution < 1.29 is 29.3 Å². The predicted molar refractivity (Wildman–Crippen MR) is 117 cm³/mol. The van der Waals surface area contributed by atoms with Gasteiger partial charge in [0.1, 0.15) is 5.76 Å². The second kappa shape index (κ2) is 8.72. The third-order valence-corrected chi connectivity index (χ3v) is 6.13. The summed E-state index contributed by atoms with van der Waals surface area (Å²) >= 11 is 3.35. The summed E-state index contributed by atoms with van der Waals surface area (Å²) in [5.41, 5.74) is 0.970. The summed E-state index contributed by atoms with van der Waals surface area (Å²) in [5, 5.41) is 21.0. The van der Waals surface area contributed by atoms with Gasteiger partial charge in [-0.15, -0.1) is 0 Å². The summed E-state index contributed by atoms with van der Waals surface area (Å²) < 4.78 is 11.7. The maximum atomic E-state index is 13.0. The Bertz CT molecular complexity index is 1040. The lowest BCUT2D eigenvalue weighted by atomic mass is 9.95. The summed E-state index contributed by atoms with van der Waals surface area (Å²) in [6, 6.07) is 10.6. The number of nitrogens with zero attached hydrogens (tertiary/aromatic N) is 1. The van der Waals surface area contributed by atoms with Gasteiger partial charge in [-0.3, -0.25) is 9.59 Å². The molecule has 2 N–H and O–H groups in total. The van der Waals surface area contributed by atoms with Crippen molar-refractivity contribution in [1.29, 1.82) is 0 Å². The number of likely N-dealkylation sites (tertiary alicyclic amines) is 1. The van der Waals surface area contributed by atoms with Crippen LogP contribution in [0.1, 0.15) is 30.0 Å². The van der Waals surface area contributed by atoms with E-state index >= 15 is 0 Å². The third kappa shape index (κ3) is 4.05. The topological polar surface area (TPSA) is 96.3 Å². The fraction of sp³-hybridized carbons (Fsp3) is 0.304. The molecule has 0 radical (unpaired) electrons. The van der Waals surface area contributed by atoms with Gasteiger partial charge in [-0.05, 0) is 42.7 Å². The molecule has 2 atom stereocenters. The zero-order chi connectivity index (χ0) is 22.1. The molecule has 162 valence electrons. The average Bonchev–Trinajstić information content (AvgIpc) is 3.37. The summed E-state index contributed by atoms with van der Waals surface area (Å²) in [6.07, 6.45) is 1.51. The number of halogens is 1. The van der Waals surface area contributed by atoms with Gasteiger partial charge in [0.05, 0.1) is 24.8 Å². The first kappa shape index (κ1) is 21.4. The van der Waals surface area contributed by atoms with E-state index in [0.29, 0.717) is 17.7 Å². The minimum Gasteiger partial charge on any atom is -0.507 e. The minimum atomic E-state index is -0.831. The Morgan fingerprint density at radius 2 is 1.97 bits per heavy atom. The van der Waals surface area contributed by atoms with E-state index in [-0.39, 0.29) is 35.5 Å². The molecule has 0 aliphatic carbocycles. The number of phenolic OH excluding ortho intramolecular Hbond substituents is 1. The maximum Gasteiger partial charge on any atom is 0.295 e. The van der Waals surface area contributed by atoms with E-state index < -0.39 is 17.7 Å². The monoisotopic (exact) mass is 487 g/mol. The molecule has 0 bridgehead atoms. The quantitative estimate of drug-likeness (QED) is 0.378. The smallest absolute Gasteiger partial charge is 0.295 e.